The van der Waals surface area contributed by atoms with Gasteiger partial charge in [-0.15, -0.1) is 0 Å². The predicted molar refractivity (Wildman–Crippen MR) is 125 cm³/mol. The van der Waals surface area contributed by atoms with E-state index < -0.39 is 15.9 Å². The summed E-state index contributed by atoms with van der Waals surface area (Å²) < 4.78 is 33.8. The van der Waals surface area contributed by atoms with E-state index in [0.717, 1.165) is 16.5 Å². The normalized spacial score (nSPS) is 11.2. The summed E-state index contributed by atoms with van der Waals surface area (Å²) in [6.45, 7) is 1.91. The summed E-state index contributed by atoms with van der Waals surface area (Å²) in [7, 11) is -2.62. The van der Waals surface area contributed by atoms with E-state index in [9.17, 15) is 13.2 Å². The monoisotopic (exact) mass is 447 g/mol. The van der Waals surface area contributed by atoms with Gasteiger partial charge >= 0.3 is 0 Å². The average molecular weight is 448 g/mol. The Morgan fingerprint density at radius 1 is 0.938 bits per heavy atom. The molecule has 0 bridgehead atoms. The molecule has 162 valence electrons. The molecule has 4 rings (SSSR count). The van der Waals surface area contributed by atoms with Crippen LogP contribution in [0.2, 0.25) is 0 Å². The number of para-hydroxylation sites is 1. The van der Waals surface area contributed by atoms with Gasteiger partial charge < -0.3 is 10.1 Å². The van der Waals surface area contributed by atoms with Crippen molar-refractivity contribution in [1.82, 2.24) is 4.98 Å². The molecule has 2 N–H and O–H groups in total. The number of aromatic nitrogens is 1. The number of hydrogen-bond donors (Lipinski definition) is 2. The summed E-state index contributed by atoms with van der Waals surface area (Å²) in [5.74, 6) is 0.0129. The van der Waals surface area contributed by atoms with Crippen LogP contribution in [0.15, 0.2) is 83.8 Å². The van der Waals surface area contributed by atoms with Crippen molar-refractivity contribution in [3.8, 4) is 5.75 Å². The summed E-state index contributed by atoms with van der Waals surface area (Å²) in [6.07, 6.45) is 0. The number of aryl methyl sites for hydroxylation is 1. The molecule has 1 aromatic heterocycles. The molecule has 8 heteroatoms. The maximum atomic E-state index is 13.0. The first-order valence-electron chi connectivity index (χ1n) is 9.80. The van der Waals surface area contributed by atoms with E-state index in [1.54, 1.807) is 30.3 Å². The number of rotatable bonds is 6. The molecule has 0 aliphatic carbocycles. The molecule has 7 nitrogen and oxygen atoms in total. The predicted octanol–water partition coefficient (Wildman–Crippen LogP) is 4.60. The molecule has 4 aromatic rings. The molecule has 0 saturated heterocycles. The molecular weight excluding hydrogens is 426 g/mol. The lowest BCUT2D eigenvalue weighted by atomic mass is 10.2. The Morgan fingerprint density at radius 2 is 1.69 bits per heavy atom. The number of methoxy groups -OCH3 is 1. The van der Waals surface area contributed by atoms with Gasteiger partial charge in [0.25, 0.3) is 15.9 Å². The second kappa shape index (κ2) is 8.68. The van der Waals surface area contributed by atoms with Crippen molar-refractivity contribution in [2.24, 2.45) is 0 Å². The van der Waals surface area contributed by atoms with Gasteiger partial charge in [0.05, 0.1) is 12.6 Å². The van der Waals surface area contributed by atoms with Crippen LogP contribution in [0.1, 0.15) is 15.9 Å². The number of pyridine rings is 1. The topological polar surface area (TPSA) is 97.4 Å². The molecule has 0 spiro atoms. The number of ether oxygens (including phenoxy) is 1. The Hall–Kier alpha value is -3.91. The van der Waals surface area contributed by atoms with Crippen molar-refractivity contribution in [3.63, 3.8) is 0 Å². The zero-order chi connectivity index (χ0) is 22.7. The molecule has 32 heavy (non-hydrogen) atoms. The van der Waals surface area contributed by atoms with Gasteiger partial charge in [-0.05, 0) is 55.5 Å². The van der Waals surface area contributed by atoms with E-state index >= 15 is 0 Å². The minimum atomic E-state index is -4.00. The summed E-state index contributed by atoms with van der Waals surface area (Å²) in [5.41, 5.74) is 2.31. The van der Waals surface area contributed by atoms with Gasteiger partial charge in [0.2, 0.25) is 0 Å². The molecule has 1 heterocycles. The van der Waals surface area contributed by atoms with Crippen LogP contribution < -0.4 is 14.8 Å². The highest BCUT2D eigenvalue weighted by Crippen LogP contribution is 2.27. The number of nitrogens with zero attached hydrogens (tertiary/aromatic N) is 1. The lowest BCUT2D eigenvalue weighted by Crippen LogP contribution is -2.17. The van der Waals surface area contributed by atoms with Crippen molar-refractivity contribution in [2.45, 2.75) is 11.8 Å². The van der Waals surface area contributed by atoms with Gasteiger partial charge in [0.15, 0.2) is 0 Å². The highest BCUT2D eigenvalue weighted by molar-refractivity contribution is 7.92. The number of amides is 1. The summed E-state index contributed by atoms with van der Waals surface area (Å²) >= 11 is 0. The molecule has 1 amide bonds. The van der Waals surface area contributed by atoms with E-state index in [-0.39, 0.29) is 16.2 Å². The third kappa shape index (κ3) is 4.55. The van der Waals surface area contributed by atoms with Gasteiger partial charge in [-0.2, -0.15) is 0 Å². The number of benzene rings is 3. The maximum absolute atomic E-state index is 13.0. The zero-order valence-corrected chi connectivity index (χ0v) is 18.3. The van der Waals surface area contributed by atoms with Crippen LogP contribution in [0.3, 0.4) is 0 Å². The smallest absolute Gasteiger partial charge is 0.265 e. The van der Waals surface area contributed by atoms with E-state index in [4.69, 9.17) is 4.74 Å². The number of anilines is 2. The van der Waals surface area contributed by atoms with Crippen molar-refractivity contribution < 1.29 is 17.9 Å². The first kappa shape index (κ1) is 21.3. The number of fused-ring (bicyclic) bond motifs is 1. The maximum Gasteiger partial charge on any atom is 0.265 e. The first-order chi connectivity index (χ1) is 15.4. The van der Waals surface area contributed by atoms with Crippen molar-refractivity contribution >= 4 is 38.3 Å². The third-order valence-corrected chi connectivity index (χ3v) is 6.26. The second-order valence-corrected chi connectivity index (χ2v) is 8.83. The molecule has 0 saturated carbocycles. The standard InChI is InChI=1S/C24H21N3O4S/c1-16-7-11-19(12-8-16)27-32(29,30)22-15-18(9-13-21(22)31-2)24(28)26-23-14-10-17-5-3-4-6-20(17)25-23/h3-15,27H,1-2H3,(H,25,26,28). The van der Waals surface area contributed by atoms with E-state index in [1.807, 2.05) is 37.3 Å². The molecule has 0 unspecified atom stereocenters. The molecule has 0 aliphatic heterocycles. The highest BCUT2D eigenvalue weighted by Gasteiger charge is 2.22. The van der Waals surface area contributed by atoms with E-state index in [1.165, 1.54) is 25.3 Å². The Balaban J connectivity index is 1.62. The van der Waals surface area contributed by atoms with Gasteiger partial charge in [-0.1, -0.05) is 35.9 Å². The molecule has 0 aliphatic rings. The molecular formula is C24H21N3O4S. The Bertz CT molecular complexity index is 1400. The summed E-state index contributed by atoms with van der Waals surface area (Å²) in [4.78, 5) is 17.1. The zero-order valence-electron chi connectivity index (χ0n) is 17.5. The van der Waals surface area contributed by atoms with Crippen LogP contribution in [0.4, 0.5) is 11.5 Å². The number of carbonyl (C=O) groups is 1. The fourth-order valence-corrected chi connectivity index (χ4v) is 4.44. The summed E-state index contributed by atoms with van der Waals surface area (Å²) in [5, 5.41) is 3.67. The van der Waals surface area contributed by atoms with E-state index in [2.05, 4.69) is 15.0 Å². The van der Waals surface area contributed by atoms with Crippen LogP contribution >= 0.6 is 0 Å². The Labute approximate surface area is 186 Å². The first-order valence-corrected chi connectivity index (χ1v) is 11.3. The van der Waals surface area contributed by atoms with Crippen molar-refractivity contribution in [1.29, 1.82) is 0 Å². The van der Waals surface area contributed by atoms with Crippen molar-refractivity contribution in [3.05, 3.63) is 90.0 Å². The average Bonchev–Trinajstić information content (AvgIpc) is 2.80. The number of hydrogen-bond acceptors (Lipinski definition) is 5. The molecule has 0 atom stereocenters. The van der Waals surface area contributed by atoms with Crippen LogP contribution in [0, 0.1) is 6.92 Å². The van der Waals surface area contributed by atoms with Gasteiger partial charge in [-0.25, -0.2) is 13.4 Å². The molecule has 0 radical (unpaired) electrons. The van der Waals surface area contributed by atoms with Gasteiger partial charge in [0, 0.05) is 16.6 Å². The van der Waals surface area contributed by atoms with Gasteiger partial charge in [-0.3, -0.25) is 9.52 Å². The van der Waals surface area contributed by atoms with E-state index in [0.29, 0.717) is 11.5 Å². The lowest BCUT2D eigenvalue weighted by molar-refractivity contribution is 0.102. The van der Waals surface area contributed by atoms with Crippen LogP contribution in [-0.4, -0.2) is 26.4 Å². The highest BCUT2D eigenvalue weighted by atomic mass is 32.2. The largest absolute Gasteiger partial charge is 0.495 e. The van der Waals surface area contributed by atoms with Crippen LogP contribution in [-0.2, 0) is 10.0 Å². The van der Waals surface area contributed by atoms with Crippen LogP contribution in [0.25, 0.3) is 10.9 Å². The number of carbonyl (C=O) groups excluding carboxylic acids is 1. The molecule has 3 aromatic carbocycles. The Kier molecular flexibility index (Phi) is 5.79. The number of sulfonamides is 1. The molecule has 0 fully saturated rings. The second-order valence-electron chi connectivity index (χ2n) is 7.18. The Morgan fingerprint density at radius 3 is 2.44 bits per heavy atom. The number of nitrogens with one attached hydrogen (secondary N) is 2. The van der Waals surface area contributed by atoms with Crippen LogP contribution in [0.5, 0.6) is 5.75 Å². The van der Waals surface area contributed by atoms with Crippen molar-refractivity contribution in [2.75, 3.05) is 17.1 Å². The van der Waals surface area contributed by atoms with Gasteiger partial charge in [0.1, 0.15) is 16.5 Å². The quantitative estimate of drug-likeness (QED) is 0.450. The minimum absolute atomic E-state index is 0.130. The summed E-state index contributed by atoms with van der Waals surface area (Å²) in [6, 6.07) is 22.3. The SMILES string of the molecule is COc1ccc(C(=O)Nc2ccc3ccccc3n2)cc1S(=O)(=O)Nc1ccc(C)cc1. The lowest BCUT2D eigenvalue weighted by Gasteiger charge is -2.13. The fraction of sp³-hybridized carbons (Fsp3) is 0.0833. The minimum Gasteiger partial charge on any atom is -0.495 e. The third-order valence-electron chi connectivity index (χ3n) is 4.86. The fourth-order valence-electron chi connectivity index (χ4n) is 3.18.